The molecule has 30 heavy (non-hydrogen) atoms. The molecular formula is C21H12F5N3O. The van der Waals surface area contributed by atoms with E-state index in [9.17, 15) is 26.7 Å². The van der Waals surface area contributed by atoms with Crippen LogP contribution >= 0.6 is 0 Å². The Morgan fingerprint density at radius 2 is 1.53 bits per heavy atom. The molecule has 4 nitrogen and oxygen atoms in total. The van der Waals surface area contributed by atoms with Crippen LogP contribution in [0.15, 0.2) is 54.6 Å². The lowest BCUT2D eigenvalue weighted by Crippen LogP contribution is -2.10. The predicted molar refractivity (Wildman–Crippen MR) is 100 cm³/mol. The lowest BCUT2D eigenvalue weighted by molar-refractivity contribution is -0.137. The van der Waals surface area contributed by atoms with Crippen LogP contribution in [0.5, 0.6) is 0 Å². The number of rotatable bonds is 3. The number of imidazole rings is 1. The molecule has 1 aromatic heterocycles. The second-order valence-electron chi connectivity index (χ2n) is 6.57. The normalized spacial score (nSPS) is 11.8. The number of halogens is 5. The fraction of sp³-hybridized carbons (Fsp3) is 0.0476. The van der Waals surface area contributed by atoms with Gasteiger partial charge >= 0.3 is 6.18 Å². The smallest absolute Gasteiger partial charge is 0.366 e. The zero-order valence-electron chi connectivity index (χ0n) is 15.0. The number of alkyl halides is 3. The maximum atomic E-state index is 13.6. The molecule has 0 unspecified atom stereocenters. The first-order chi connectivity index (χ1) is 14.1. The third kappa shape index (κ3) is 3.49. The Balaban J connectivity index is 1.87. The zero-order chi connectivity index (χ0) is 21.6. The van der Waals surface area contributed by atoms with E-state index in [-0.39, 0.29) is 39.1 Å². The molecule has 4 aromatic rings. The van der Waals surface area contributed by atoms with Crippen LogP contribution in [0.3, 0.4) is 0 Å². The minimum absolute atomic E-state index is 0.135. The van der Waals surface area contributed by atoms with Gasteiger partial charge in [0.15, 0.2) is 11.6 Å². The molecule has 0 atom stereocenters. The number of aromatic amines is 1. The van der Waals surface area contributed by atoms with E-state index in [1.807, 2.05) is 0 Å². The number of benzene rings is 3. The number of H-pyrrole nitrogens is 1. The minimum Gasteiger partial charge on any atom is -0.366 e. The number of nitrogens with two attached hydrogens (primary N) is 1. The molecule has 0 aliphatic carbocycles. The van der Waals surface area contributed by atoms with E-state index in [1.54, 1.807) is 0 Å². The minimum atomic E-state index is -4.63. The van der Waals surface area contributed by atoms with Crippen LogP contribution in [-0.2, 0) is 6.18 Å². The summed E-state index contributed by atoms with van der Waals surface area (Å²) in [5, 5.41) is 0. The summed E-state index contributed by atoms with van der Waals surface area (Å²) in [5.41, 5.74) is 5.14. The molecule has 0 bridgehead atoms. The average Bonchev–Trinajstić information content (AvgIpc) is 3.10. The van der Waals surface area contributed by atoms with Crippen molar-refractivity contribution in [1.29, 1.82) is 0 Å². The lowest BCUT2D eigenvalue weighted by atomic mass is 9.96. The van der Waals surface area contributed by atoms with Crippen molar-refractivity contribution in [2.24, 2.45) is 5.73 Å². The third-order valence-electron chi connectivity index (χ3n) is 4.60. The van der Waals surface area contributed by atoms with Crippen LogP contribution < -0.4 is 5.73 Å². The average molecular weight is 417 g/mol. The standard InChI is InChI=1S/C21H12F5N3O/c22-15-8-17-18(9-16(15)23)29-20(28-17)12-5-6-14(21(24,25)26)13(7-12)10-1-3-11(4-2-10)19(27)30/h1-9H,(H2,27,30)(H,28,29). The molecule has 152 valence electrons. The van der Waals surface area contributed by atoms with Gasteiger partial charge < -0.3 is 10.7 Å². The molecule has 0 spiro atoms. The first-order valence-electron chi connectivity index (χ1n) is 8.60. The van der Waals surface area contributed by atoms with Crippen molar-refractivity contribution in [2.45, 2.75) is 6.18 Å². The van der Waals surface area contributed by atoms with Crippen molar-refractivity contribution in [1.82, 2.24) is 9.97 Å². The van der Waals surface area contributed by atoms with Crippen molar-refractivity contribution < 1.29 is 26.7 Å². The van der Waals surface area contributed by atoms with Gasteiger partial charge in [0.05, 0.1) is 16.6 Å². The highest BCUT2D eigenvalue weighted by molar-refractivity contribution is 5.93. The first kappa shape index (κ1) is 19.6. The van der Waals surface area contributed by atoms with Gasteiger partial charge in [-0.2, -0.15) is 13.2 Å². The fourth-order valence-corrected chi connectivity index (χ4v) is 3.13. The number of primary amides is 1. The van der Waals surface area contributed by atoms with Crippen LogP contribution in [0.4, 0.5) is 22.0 Å². The number of hydrogen-bond acceptors (Lipinski definition) is 2. The number of carbonyl (C=O) groups is 1. The maximum Gasteiger partial charge on any atom is 0.417 e. The van der Waals surface area contributed by atoms with Crippen molar-refractivity contribution in [3.05, 3.63) is 77.4 Å². The van der Waals surface area contributed by atoms with Crippen LogP contribution in [-0.4, -0.2) is 15.9 Å². The van der Waals surface area contributed by atoms with Crippen LogP contribution in [0.2, 0.25) is 0 Å². The van der Waals surface area contributed by atoms with E-state index < -0.39 is 29.3 Å². The highest BCUT2D eigenvalue weighted by atomic mass is 19.4. The van der Waals surface area contributed by atoms with Crippen LogP contribution in [0.1, 0.15) is 15.9 Å². The monoisotopic (exact) mass is 417 g/mol. The number of nitrogens with one attached hydrogen (secondary N) is 1. The highest BCUT2D eigenvalue weighted by Gasteiger charge is 2.34. The van der Waals surface area contributed by atoms with Crippen LogP contribution in [0.25, 0.3) is 33.5 Å². The van der Waals surface area contributed by atoms with Gasteiger partial charge in [-0.3, -0.25) is 4.79 Å². The SMILES string of the molecule is NC(=O)c1ccc(-c2cc(-c3nc4cc(F)c(F)cc4[nH]3)ccc2C(F)(F)F)cc1. The van der Waals surface area contributed by atoms with E-state index in [1.165, 1.54) is 36.4 Å². The predicted octanol–water partition coefficient (Wildman–Crippen LogP) is 5.29. The van der Waals surface area contributed by atoms with Gasteiger partial charge in [0.2, 0.25) is 5.91 Å². The van der Waals surface area contributed by atoms with Gasteiger partial charge in [-0.1, -0.05) is 18.2 Å². The molecule has 0 fully saturated rings. The number of aromatic nitrogens is 2. The number of nitrogens with zero attached hydrogens (tertiary/aromatic N) is 1. The molecule has 1 heterocycles. The van der Waals surface area contributed by atoms with Gasteiger partial charge in [-0.25, -0.2) is 13.8 Å². The summed E-state index contributed by atoms with van der Waals surface area (Å²) < 4.78 is 67.5. The summed E-state index contributed by atoms with van der Waals surface area (Å²) in [6.07, 6.45) is -4.63. The topological polar surface area (TPSA) is 71.8 Å². The van der Waals surface area contributed by atoms with Gasteiger partial charge in [0.1, 0.15) is 5.82 Å². The Bertz CT molecular complexity index is 1240. The van der Waals surface area contributed by atoms with E-state index in [0.717, 1.165) is 18.2 Å². The number of fused-ring (bicyclic) bond motifs is 1. The molecule has 0 saturated carbocycles. The first-order valence-corrected chi connectivity index (χ1v) is 8.60. The Hall–Kier alpha value is -3.75. The Morgan fingerprint density at radius 3 is 2.17 bits per heavy atom. The van der Waals surface area contributed by atoms with E-state index in [2.05, 4.69) is 9.97 Å². The van der Waals surface area contributed by atoms with Gasteiger partial charge in [-0.15, -0.1) is 0 Å². The molecule has 1 amide bonds. The Morgan fingerprint density at radius 1 is 0.900 bits per heavy atom. The molecule has 0 aliphatic rings. The van der Waals surface area contributed by atoms with Gasteiger partial charge in [0.25, 0.3) is 0 Å². The fourth-order valence-electron chi connectivity index (χ4n) is 3.13. The third-order valence-corrected chi connectivity index (χ3v) is 4.60. The summed E-state index contributed by atoms with van der Waals surface area (Å²) in [7, 11) is 0. The molecule has 0 saturated heterocycles. The van der Waals surface area contributed by atoms with Crippen molar-refractivity contribution in [3.63, 3.8) is 0 Å². The lowest BCUT2D eigenvalue weighted by Gasteiger charge is -2.14. The summed E-state index contributed by atoms with van der Waals surface area (Å²) in [5.74, 6) is -2.70. The zero-order valence-corrected chi connectivity index (χ0v) is 15.0. The maximum absolute atomic E-state index is 13.6. The van der Waals surface area contributed by atoms with Gasteiger partial charge in [-0.05, 0) is 35.4 Å². The van der Waals surface area contributed by atoms with Crippen molar-refractivity contribution in [3.8, 4) is 22.5 Å². The molecule has 3 aromatic carbocycles. The second kappa shape index (κ2) is 6.94. The molecule has 0 radical (unpaired) electrons. The summed E-state index contributed by atoms with van der Waals surface area (Å²) in [4.78, 5) is 18.1. The summed E-state index contributed by atoms with van der Waals surface area (Å²) in [6.45, 7) is 0. The number of hydrogen-bond donors (Lipinski definition) is 2. The molecular weight excluding hydrogens is 405 g/mol. The van der Waals surface area contributed by atoms with Crippen molar-refractivity contribution in [2.75, 3.05) is 0 Å². The largest absolute Gasteiger partial charge is 0.417 e. The second-order valence-corrected chi connectivity index (χ2v) is 6.57. The molecule has 4 rings (SSSR count). The number of carbonyl (C=O) groups excluding carboxylic acids is 1. The molecule has 0 aliphatic heterocycles. The van der Waals surface area contributed by atoms with Gasteiger partial charge in [0, 0.05) is 23.3 Å². The Labute approximate surface area is 166 Å². The summed E-state index contributed by atoms with van der Waals surface area (Å²) >= 11 is 0. The molecule has 9 heteroatoms. The Kier molecular flexibility index (Phi) is 4.53. The van der Waals surface area contributed by atoms with E-state index in [0.29, 0.717) is 0 Å². The summed E-state index contributed by atoms with van der Waals surface area (Å²) in [6, 6.07) is 10.6. The quantitative estimate of drug-likeness (QED) is 0.445. The molecule has 3 N–H and O–H groups in total. The number of amides is 1. The van der Waals surface area contributed by atoms with Crippen LogP contribution in [0, 0.1) is 11.6 Å². The van der Waals surface area contributed by atoms with E-state index >= 15 is 0 Å². The van der Waals surface area contributed by atoms with Crippen molar-refractivity contribution >= 4 is 16.9 Å². The van der Waals surface area contributed by atoms with E-state index in [4.69, 9.17) is 5.73 Å². The highest BCUT2D eigenvalue weighted by Crippen LogP contribution is 2.39.